The van der Waals surface area contributed by atoms with Crippen LogP contribution in [0, 0.1) is 0 Å². The molecule has 0 bridgehead atoms. The van der Waals surface area contributed by atoms with Crippen LogP contribution in [0.4, 0.5) is 5.69 Å². The van der Waals surface area contributed by atoms with Gasteiger partial charge < -0.3 is 10.1 Å². The topological polar surface area (TPSA) is 38.3 Å². The molecule has 4 aromatic carbocycles. The van der Waals surface area contributed by atoms with Gasteiger partial charge in [0.2, 0.25) is 0 Å². The summed E-state index contributed by atoms with van der Waals surface area (Å²) < 4.78 is 6.07. The van der Waals surface area contributed by atoms with Gasteiger partial charge in [0.15, 0.2) is 6.10 Å². The lowest BCUT2D eigenvalue weighted by atomic mass is 10.0. The molecule has 3 nitrogen and oxygen atoms in total. The molecule has 1 amide bonds. The summed E-state index contributed by atoms with van der Waals surface area (Å²) in [5.74, 6) is 0.602. The second kappa shape index (κ2) is 7.25. The number of nitrogens with one attached hydrogen (secondary N) is 1. The molecule has 0 saturated heterocycles. The van der Waals surface area contributed by atoms with Crippen LogP contribution >= 0.6 is 0 Å². The third-order valence-electron chi connectivity index (χ3n) is 5.80. The maximum absolute atomic E-state index is 13.0. The first-order valence-electron chi connectivity index (χ1n) is 10.2. The Labute approximate surface area is 170 Å². The molecular formula is C26H23NO2. The highest BCUT2D eigenvalue weighted by molar-refractivity contribution is 6.06. The summed E-state index contributed by atoms with van der Waals surface area (Å²) in [6, 6.07) is 24.6. The minimum Gasteiger partial charge on any atom is -0.481 e. The molecular weight excluding hydrogens is 358 g/mol. The van der Waals surface area contributed by atoms with Crippen LogP contribution in [0.5, 0.6) is 5.75 Å². The summed E-state index contributed by atoms with van der Waals surface area (Å²) in [6.07, 6.45) is 2.21. The Morgan fingerprint density at radius 2 is 1.72 bits per heavy atom. The van der Waals surface area contributed by atoms with Gasteiger partial charge in [-0.05, 0) is 64.7 Å². The Morgan fingerprint density at radius 1 is 0.931 bits per heavy atom. The van der Waals surface area contributed by atoms with Gasteiger partial charge in [-0.2, -0.15) is 0 Å². The third-order valence-corrected chi connectivity index (χ3v) is 5.80. The van der Waals surface area contributed by atoms with Crippen LogP contribution in [-0.4, -0.2) is 12.0 Å². The first-order chi connectivity index (χ1) is 14.2. The maximum atomic E-state index is 13.0. The van der Waals surface area contributed by atoms with Gasteiger partial charge in [0.05, 0.1) is 0 Å². The standard InChI is InChI=1S/C26H23NO2/c1-2-24(29-21-14-12-17-6-3-4-7-20(17)16-21)26(28)27-23-15-13-19-11-10-18-8-5-9-22(23)25(18)19/h3-9,12-16,24H,2,10-11H2,1H3,(H,27,28). The number of hydrogen-bond donors (Lipinski definition) is 1. The number of rotatable bonds is 5. The number of fused-ring (bicyclic) bond motifs is 1. The van der Waals surface area contributed by atoms with E-state index in [9.17, 15) is 4.79 Å². The lowest BCUT2D eigenvalue weighted by Crippen LogP contribution is -2.32. The number of carbonyl (C=O) groups is 1. The van der Waals surface area contributed by atoms with Gasteiger partial charge in [-0.3, -0.25) is 4.79 Å². The molecule has 0 radical (unpaired) electrons. The van der Waals surface area contributed by atoms with E-state index in [4.69, 9.17) is 4.74 Å². The maximum Gasteiger partial charge on any atom is 0.265 e. The second-order valence-electron chi connectivity index (χ2n) is 7.62. The monoisotopic (exact) mass is 381 g/mol. The van der Waals surface area contributed by atoms with E-state index in [0.717, 1.165) is 34.7 Å². The summed E-state index contributed by atoms with van der Waals surface area (Å²) in [7, 11) is 0. The average Bonchev–Trinajstić information content (AvgIpc) is 3.18. The van der Waals surface area contributed by atoms with Gasteiger partial charge in [-0.15, -0.1) is 0 Å². The van der Waals surface area contributed by atoms with Crippen LogP contribution in [0.15, 0.2) is 72.8 Å². The lowest BCUT2D eigenvalue weighted by Gasteiger charge is -2.18. The summed E-state index contributed by atoms with van der Waals surface area (Å²) in [6.45, 7) is 1.97. The van der Waals surface area contributed by atoms with Gasteiger partial charge in [0.25, 0.3) is 5.91 Å². The van der Waals surface area contributed by atoms with Crippen molar-refractivity contribution in [2.75, 3.05) is 5.32 Å². The van der Waals surface area contributed by atoms with Crippen LogP contribution < -0.4 is 10.1 Å². The highest BCUT2D eigenvalue weighted by atomic mass is 16.5. The summed E-state index contributed by atoms with van der Waals surface area (Å²) in [4.78, 5) is 13.0. The van der Waals surface area contributed by atoms with Crippen molar-refractivity contribution in [2.45, 2.75) is 32.3 Å². The van der Waals surface area contributed by atoms with Crippen LogP contribution in [0.3, 0.4) is 0 Å². The highest BCUT2D eigenvalue weighted by Gasteiger charge is 2.21. The van der Waals surface area contributed by atoms with Gasteiger partial charge in [0, 0.05) is 11.1 Å². The molecule has 0 saturated carbocycles. The van der Waals surface area contributed by atoms with Gasteiger partial charge >= 0.3 is 0 Å². The Hall–Kier alpha value is -3.33. The van der Waals surface area contributed by atoms with E-state index in [-0.39, 0.29) is 5.91 Å². The molecule has 1 aliphatic rings. The molecule has 0 aromatic heterocycles. The lowest BCUT2D eigenvalue weighted by molar-refractivity contribution is -0.122. The smallest absolute Gasteiger partial charge is 0.265 e. The van der Waals surface area contributed by atoms with Crippen molar-refractivity contribution >= 4 is 33.1 Å². The Morgan fingerprint density at radius 3 is 2.55 bits per heavy atom. The number of anilines is 1. The second-order valence-corrected chi connectivity index (χ2v) is 7.62. The predicted octanol–water partition coefficient (Wildman–Crippen LogP) is 5.89. The molecule has 3 heteroatoms. The van der Waals surface area contributed by atoms with Crippen LogP contribution in [0.2, 0.25) is 0 Å². The van der Waals surface area contributed by atoms with Crippen LogP contribution in [-0.2, 0) is 17.6 Å². The minimum atomic E-state index is -0.542. The fourth-order valence-corrected chi connectivity index (χ4v) is 4.30. The number of benzene rings is 4. The quantitative estimate of drug-likeness (QED) is 0.468. The van der Waals surface area contributed by atoms with Crippen molar-refractivity contribution in [1.82, 2.24) is 0 Å². The SMILES string of the molecule is CCC(Oc1ccc2ccccc2c1)C(=O)Nc1ccc2c3c(cccc13)CC2. The molecule has 5 rings (SSSR count). The third kappa shape index (κ3) is 3.23. The molecule has 0 spiro atoms. The van der Waals surface area contributed by atoms with Crippen LogP contribution in [0.25, 0.3) is 21.5 Å². The molecule has 1 unspecified atom stereocenters. The summed E-state index contributed by atoms with van der Waals surface area (Å²) in [5, 5.41) is 7.79. The first-order valence-corrected chi connectivity index (χ1v) is 10.2. The van der Waals surface area contributed by atoms with E-state index < -0.39 is 6.10 Å². The van der Waals surface area contributed by atoms with Crippen molar-refractivity contribution < 1.29 is 9.53 Å². The molecule has 1 N–H and O–H groups in total. The van der Waals surface area contributed by atoms with Crippen molar-refractivity contribution in [2.24, 2.45) is 0 Å². The summed E-state index contributed by atoms with van der Waals surface area (Å²) >= 11 is 0. The highest BCUT2D eigenvalue weighted by Crippen LogP contribution is 2.35. The van der Waals surface area contributed by atoms with E-state index in [1.165, 1.54) is 16.5 Å². The van der Waals surface area contributed by atoms with E-state index in [1.807, 2.05) is 43.3 Å². The molecule has 0 heterocycles. The number of ether oxygens (including phenoxy) is 1. The normalized spacial score (nSPS) is 13.6. The zero-order valence-electron chi connectivity index (χ0n) is 16.4. The number of carbonyl (C=O) groups excluding carboxylic acids is 1. The van der Waals surface area contributed by atoms with E-state index in [1.54, 1.807) is 0 Å². The predicted molar refractivity (Wildman–Crippen MR) is 119 cm³/mol. The van der Waals surface area contributed by atoms with E-state index >= 15 is 0 Å². The van der Waals surface area contributed by atoms with Crippen molar-refractivity contribution in [3.05, 3.63) is 83.9 Å². The molecule has 144 valence electrons. The van der Waals surface area contributed by atoms with Crippen molar-refractivity contribution in [3.8, 4) is 5.75 Å². The van der Waals surface area contributed by atoms with Gasteiger partial charge in [-0.1, -0.05) is 61.5 Å². The van der Waals surface area contributed by atoms with Crippen LogP contribution in [0.1, 0.15) is 24.5 Å². The van der Waals surface area contributed by atoms with E-state index in [2.05, 4.69) is 41.7 Å². The van der Waals surface area contributed by atoms with Gasteiger partial charge in [-0.25, -0.2) is 0 Å². The molecule has 0 aliphatic heterocycles. The van der Waals surface area contributed by atoms with Crippen molar-refractivity contribution in [1.29, 1.82) is 0 Å². The number of amides is 1. The fraction of sp³-hybridized carbons (Fsp3) is 0.192. The molecule has 0 fully saturated rings. The van der Waals surface area contributed by atoms with Gasteiger partial charge in [0.1, 0.15) is 5.75 Å². The molecule has 4 aromatic rings. The fourth-order valence-electron chi connectivity index (χ4n) is 4.30. The molecule has 1 atom stereocenters. The Balaban J connectivity index is 1.40. The first kappa shape index (κ1) is 17.7. The zero-order valence-corrected chi connectivity index (χ0v) is 16.4. The Kier molecular flexibility index (Phi) is 4.44. The zero-order chi connectivity index (χ0) is 19.8. The van der Waals surface area contributed by atoms with Crippen molar-refractivity contribution in [3.63, 3.8) is 0 Å². The largest absolute Gasteiger partial charge is 0.481 e. The molecule has 1 aliphatic carbocycles. The number of hydrogen-bond acceptors (Lipinski definition) is 2. The molecule has 29 heavy (non-hydrogen) atoms. The Bertz CT molecular complexity index is 1220. The minimum absolute atomic E-state index is 0.112. The van der Waals surface area contributed by atoms with E-state index in [0.29, 0.717) is 12.2 Å². The average molecular weight is 381 g/mol. The summed E-state index contributed by atoms with van der Waals surface area (Å²) in [5.41, 5.74) is 3.60. The number of aryl methyl sites for hydroxylation is 2.